The lowest BCUT2D eigenvalue weighted by atomic mass is 10.3. The highest BCUT2D eigenvalue weighted by Crippen LogP contribution is 2.23. The highest BCUT2D eigenvalue weighted by Gasteiger charge is 2.34. The number of hydrogen-bond acceptors (Lipinski definition) is 6. The number of nitrogens with zero attached hydrogens (tertiary/aromatic N) is 2. The molecule has 0 spiro atoms. The van der Waals surface area contributed by atoms with Crippen LogP contribution in [0.1, 0.15) is 12.6 Å². The molecule has 0 radical (unpaired) electrons. The van der Waals surface area contributed by atoms with Gasteiger partial charge >= 0.3 is 0 Å². The number of aliphatic hydroxyl groups excluding tert-OH is 1. The van der Waals surface area contributed by atoms with Crippen molar-refractivity contribution in [2.24, 2.45) is 0 Å². The van der Waals surface area contributed by atoms with E-state index in [2.05, 4.69) is 4.98 Å². The molecule has 19 heavy (non-hydrogen) atoms. The van der Waals surface area contributed by atoms with Crippen LogP contribution in [-0.4, -0.2) is 58.6 Å². The molecule has 1 aromatic rings. The Bertz CT molecular complexity index is 438. The van der Waals surface area contributed by atoms with Crippen LogP contribution in [0.15, 0.2) is 9.72 Å². The van der Waals surface area contributed by atoms with E-state index in [9.17, 15) is 9.90 Å². The average Bonchev–Trinajstić information content (AvgIpc) is 2.94. The van der Waals surface area contributed by atoms with Gasteiger partial charge in [0.1, 0.15) is 6.10 Å². The van der Waals surface area contributed by atoms with Gasteiger partial charge in [-0.05, 0) is 13.8 Å². The second-order valence-corrected chi connectivity index (χ2v) is 6.48. The van der Waals surface area contributed by atoms with Crippen LogP contribution in [0, 0.1) is 6.92 Å². The molecule has 1 saturated heterocycles. The molecule has 0 saturated carbocycles. The van der Waals surface area contributed by atoms with Gasteiger partial charge in [0.05, 0.1) is 11.9 Å². The van der Waals surface area contributed by atoms with Crippen molar-refractivity contribution in [3.63, 3.8) is 0 Å². The van der Waals surface area contributed by atoms with Gasteiger partial charge in [0, 0.05) is 30.8 Å². The minimum absolute atomic E-state index is 0.0270. The molecule has 0 bridgehead atoms. The highest BCUT2D eigenvalue weighted by molar-refractivity contribution is 8.01. The molecule has 0 aliphatic carbocycles. The van der Waals surface area contributed by atoms with Crippen molar-refractivity contribution in [2.75, 3.05) is 25.4 Å². The summed E-state index contributed by atoms with van der Waals surface area (Å²) in [4.78, 5) is 18.0. The molecule has 0 aromatic carbocycles. The van der Waals surface area contributed by atoms with Crippen molar-refractivity contribution in [1.29, 1.82) is 0 Å². The lowest BCUT2D eigenvalue weighted by Gasteiger charge is -2.15. The first-order chi connectivity index (χ1) is 9.10. The number of amides is 1. The second kappa shape index (κ2) is 6.69. The number of thiazole rings is 1. The molecule has 106 valence electrons. The van der Waals surface area contributed by atoms with Crippen LogP contribution in [0.4, 0.5) is 0 Å². The van der Waals surface area contributed by atoms with E-state index >= 15 is 0 Å². The summed E-state index contributed by atoms with van der Waals surface area (Å²) in [6.45, 7) is 5.22. The number of ether oxygens (including phenoxy) is 1. The Morgan fingerprint density at radius 2 is 2.47 bits per heavy atom. The normalized spacial score (nSPS) is 23.0. The zero-order chi connectivity index (χ0) is 13.8. The minimum atomic E-state index is -0.573. The maximum absolute atomic E-state index is 12.0. The van der Waals surface area contributed by atoms with Gasteiger partial charge in [-0.25, -0.2) is 4.98 Å². The predicted molar refractivity (Wildman–Crippen MR) is 75.6 cm³/mol. The quantitative estimate of drug-likeness (QED) is 0.827. The summed E-state index contributed by atoms with van der Waals surface area (Å²) >= 11 is 3.00. The molecule has 1 aromatic heterocycles. The Labute approximate surface area is 121 Å². The number of rotatable bonds is 5. The van der Waals surface area contributed by atoms with Gasteiger partial charge in [-0.15, -0.1) is 11.3 Å². The molecule has 5 nitrogen and oxygen atoms in total. The number of thioether (sulfide) groups is 1. The van der Waals surface area contributed by atoms with Gasteiger partial charge in [0.15, 0.2) is 4.34 Å². The Kier molecular flexibility index (Phi) is 5.20. The second-order valence-electron chi connectivity index (χ2n) is 4.40. The predicted octanol–water partition coefficient (Wildman–Crippen LogP) is 1.15. The summed E-state index contributed by atoms with van der Waals surface area (Å²) in [6.07, 6.45) is -0.822. The SMILES string of the molecule is CCO[C@H]1CN(C(=O)CSc2nc(C)cs2)C[C@@H]1O. The number of hydrogen-bond donors (Lipinski definition) is 1. The third kappa shape index (κ3) is 3.92. The number of carbonyl (C=O) groups is 1. The summed E-state index contributed by atoms with van der Waals surface area (Å²) in [5.41, 5.74) is 0.980. The molecule has 2 atom stereocenters. The lowest BCUT2D eigenvalue weighted by molar-refractivity contribution is -0.127. The maximum atomic E-state index is 12.0. The number of aryl methyl sites for hydroxylation is 1. The van der Waals surface area contributed by atoms with E-state index in [1.54, 1.807) is 16.2 Å². The van der Waals surface area contributed by atoms with Gasteiger partial charge < -0.3 is 14.7 Å². The average molecular weight is 302 g/mol. The summed E-state index contributed by atoms with van der Waals surface area (Å²) in [5, 5.41) is 11.8. The summed E-state index contributed by atoms with van der Waals surface area (Å²) in [6, 6.07) is 0. The molecule has 1 N–H and O–H groups in total. The Balaban J connectivity index is 1.81. The molecule has 2 rings (SSSR count). The van der Waals surface area contributed by atoms with E-state index in [4.69, 9.17) is 4.74 Å². The van der Waals surface area contributed by atoms with Crippen molar-refractivity contribution >= 4 is 29.0 Å². The molecule has 2 heterocycles. The van der Waals surface area contributed by atoms with E-state index in [1.165, 1.54) is 11.8 Å². The van der Waals surface area contributed by atoms with Crippen molar-refractivity contribution in [1.82, 2.24) is 9.88 Å². The monoisotopic (exact) mass is 302 g/mol. The van der Waals surface area contributed by atoms with Crippen LogP contribution in [0.5, 0.6) is 0 Å². The summed E-state index contributed by atoms with van der Waals surface area (Å²) in [7, 11) is 0. The topological polar surface area (TPSA) is 62.7 Å². The van der Waals surface area contributed by atoms with Gasteiger partial charge in [-0.2, -0.15) is 0 Å². The van der Waals surface area contributed by atoms with E-state index in [-0.39, 0.29) is 12.0 Å². The first-order valence-corrected chi connectivity index (χ1v) is 8.09. The standard InChI is InChI=1S/C12H18N2O3S2/c1-3-17-10-5-14(4-9(10)15)11(16)7-19-12-13-8(2)6-18-12/h6,9-10,15H,3-5,7H2,1-2H3/t9-,10-/m0/s1. The minimum Gasteiger partial charge on any atom is -0.388 e. The fourth-order valence-corrected chi connectivity index (χ4v) is 3.70. The molecular weight excluding hydrogens is 284 g/mol. The molecule has 1 aliphatic rings. The van der Waals surface area contributed by atoms with Gasteiger partial charge in [0.2, 0.25) is 5.91 Å². The summed E-state index contributed by atoms with van der Waals surface area (Å²) < 4.78 is 6.31. The molecule has 7 heteroatoms. The number of carbonyl (C=O) groups excluding carboxylic acids is 1. The molecule has 0 unspecified atom stereocenters. The van der Waals surface area contributed by atoms with Crippen LogP contribution < -0.4 is 0 Å². The van der Waals surface area contributed by atoms with Gasteiger partial charge in [-0.1, -0.05) is 11.8 Å². The van der Waals surface area contributed by atoms with Crippen LogP contribution in [-0.2, 0) is 9.53 Å². The molecular formula is C12H18N2O3S2. The summed E-state index contributed by atoms with van der Waals surface area (Å²) in [5.74, 6) is 0.387. The van der Waals surface area contributed by atoms with Crippen LogP contribution in [0.3, 0.4) is 0 Å². The molecule has 1 aliphatic heterocycles. The number of aliphatic hydroxyl groups is 1. The van der Waals surface area contributed by atoms with Crippen molar-refractivity contribution in [2.45, 2.75) is 30.4 Å². The van der Waals surface area contributed by atoms with Crippen molar-refractivity contribution in [3.8, 4) is 0 Å². The molecule has 1 fully saturated rings. The third-order valence-electron chi connectivity index (χ3n) is 2.89. The largest absolute Gasteiger partial charge is 0.388 e. The van der Waals surface area contributed by atoms with E-state index in [1.807, 2.05) is 19.2 Å². The third-order valence-corrected chi connectivity index (χ3v) is 5.01. The smallest absolute Gasteiger partial charge is 0.233 e. The van der Waals surface area contributed by atoms with Crippen LogP contribution in [0.25, 0.3) is 0 Å². The van der Waals surface area contributed by atoms with E-state index < -0.39 is 6.10 Å². The highest BCUT2D eigenvalue weighted by atomic mass is 32.2. The lowest BCUT2D eigenvalue weighted by Crippen LogP contribution is -2.31. The van der Waals surface area contributed by atoms with Crippen molar-refractivity contribution < 1.29 is 14.6 Å². The van der Waals surface area contributed by atoms with E-state index in [0.717, 1.165) is 10.0 Å². The van der Waals surface area contributed by atoms with Crippen LogP contribution in [0.2, 0.25) is 0 Å². The van der Waals surface area contributed by atoms with Gasteiger partial charge in [-0.3, -0.25) is 4.79 Å². The van der Waals surface area contributed by atoms with E-state index in [0.29, 0.717) is 25.4 Å². The van der Waals surface area contributed by atoms with Crippen molar-refractivity contribution in [3.05, 3.63) is 11.1 Å². The first kappa shape index (κ1) is 14.8. The maximum Gasteiger partial charge on any atom is 0.233 e. The molecule has 1 amide bonds. The Hall–Kier alpha value is -0.630. The first-order valence-electron chi connectivity index (χ1n) is 6.22. The number of likely N-dealkylation sites (tertiary alicyclic amines) is 1. The van der Waals surface area contributed by atoms with Crippen LogP contribution >= 0.6 is 23.1 Å². The fourth-order valence-electron chi connectivity index (χ4n) is 1.95. The number of aromatic nitrogens is 1. The zero-order valence-electron chi connectivity index (χ0n) is 11.0. The fraction of sp³-hybridized carbons (Fsp3) is 0.667. The Morgan fingerprint density at radius 1 is 1.68 bits per heavy atom. The zero-order valence-corrected chi connectivity index (χ0v) is 12.7. The number of β-amino-alcohol motifs (C(OH)–C–C–N with tert-alkyl or cyclic N) is 1. The Morgan fingerprint density at radius 3 is 3.11 bits per heavy atom. The van der Waals surface area contributed by atoms with Gasteiger partial charge in [0.25, 0.3) is 0 Å².